The van der Waals surface area contributed by atoms with Gasteiger partial charge in [0.2, 0.25) is 0 Å². The minimum Gasteiger partial charge on any atom is -0.394 e. The first kappa shape index (κ1) is 13.9. The van der Waals surface area contributed by atoms with E-state index in [9.17, 15) is 8.42 Å². The van der Waals surface area contributed by atoms with Crippen LogP contribution in [0.2, 0.25) is 0 Å². The molecule has 0 unspecified atom stereocenters. The second-order valence-corrected chi connectivity index (χ2v) is 5.96. The Morgan fingerprint density at radius 2 is 2.10 bits per heavy atom. The Hall–Kier alpha value is -2.53. The number of aromatic nitrogens is 2. The van der Waals surface area contributed by atoms with Crippen LogP contribution in [0.25, 0.3) is 0 Å². The second-order valence-electron chi connectivity index (χ2n) is 4.31. The van der Waals surface area contributed by atoms with Crippen LogP contribution in [0.3, 0.4) is 0 Å². The van der Waals surface area contributed by atoms with Crippen molar-refractivity contribution in [2.24, 2.45) is 0 Å². The summed E-state index contributed by atoms with van der Waals surface area (Å²) < 4.78 is 26.9. The maximum absolute atomic E-state index is 12.3. The summed E-state index contributed by atoms with van der Waals surface area (Å²) in [5.74, 6) is 0.0614. The number of hydrogen-bond donors (Lipinski definition) is 3. The van der Waals surface area contributed by atoms with Gasteiger partial charge < -0.3 is 5.73 Å². The number of hydrogen-bond acceptors (Lipinski definition) is 5. The van der Waals surface area contributed by atoms with E-state index < -0.39 is 10.0 Å². The molecule has 1 aromatic heterocycles. The monoisotopic (exact) mass is 291 g/mol. The molecule has 20 heavy (non-hydrogen) atoms. The Bertz CT molecular complexity index is 802. The van der Waals surface area contributed by atoms with Gasteiger partial charge >= 0.3 is 0 Å². The highest BCUT2D eigenvalue weighted by Gasteiger charge is 2.20. The molecule has 4 N–H and O–H groups in total. The van der Waals surface area contributed by atoms with E-state index in [1.165, 1.54) is 18.2 Å². The first-order valence-electron chi connectivity index (χ1n) is 5.69. The number of H-pyrrole nitrogens is 1. The summed E-state index contributed by atoms with van der Waals surface area (Å²) >= 11 is 0. The van der Waals surface area contributed by atoms with Crippen molar-refractivity contribution in [2.75, 3.05) is 10.5 Å². The minimum atomic E-state index is -3.80. The summed E-state index contributed by atoms with van der Waals surface area (Å²) in [6, 6.07) is 6.29. The molecular weight excluding hydrogens is 278 g/mol. The molecule has 0 radical (unpaired) electrons. The van der Waals surface area contributed by atoms with E-state index in [2.05, 4.69) is 14.9 Å². The van der Waals surface area contributed by atoms with Crippen LogP contribution in [-0.4, -0.2) is 18.6 Å². The van der Waals surface area contributed by atoms with E-state index in [1.807, 2.05) is 6.07 Å². The number of aryl methyl sites for hydroxylation is 2. The third-order valence-corrected chi connectivity index (χ3v) is 4.32. The summed E-state index contributed by atoms with van der Waals surface area (Å²) in [5, 5.41) is 15.2. The van der Waals surface area contributed by atoms with Gasteiger partial charge in [0.25, 0.3) is 10.0 Å². The van der Waals surface area contributed by atoms with Crippen molar-refractivity contribution in [1.82, 2.24) is 10.2 Å². The summed E-state index contributed by atoms with van der Waals surface area (Å²) in [7, 11) is -3.80. The molecule has 0 aliphatic heterocycles. The van der Waals surface area contributed by atoms with Crippen LogP contribution < -0.4 is 10.5 Å². The molecule has 7 nitrogen and oxygen atoms in total. The topological polar surface area (TPSA) is 125 Å². The molecule has 2 rings (SSSR count). The molecule has 0 aliphatic carbocycles. The molecule has 0 aliphatic rings. The second kappa shape index (κ2) is 4.86. The predicted molar refractivity (Wildman–Crippen MR) is 74.4 cm³/mol. The molecule has 1 heterocycles. The molecule has 0 saturated heterocycles. The van der Waals surface area contributed by atoms with Gasteiger partial charge in [-0.25, -0.2) is 8.42 Å². The van der Waals surface area contributed by atoms with Gasteiger partial charge in [-0.15, -0.1) is 0 Å². The lowest BCUT2D eigenvalue weighted by atomic mass is 10.2. The van der Waals surface area contributed by atoms with Crippen molar-refractivity contribution < 1.29 is 8.42 Å². The van der Waals surface area contributed by atoms with E-state index in [1.54, 1.807) is 13.8 Å². The fourth-order valence-corrected chi connectivity index (χ4v) is 2.97. The van der Waals surface area contributed by atoms with Crippen LogP contribution in [0, 0.1) is 25.2 Å². The maximum atomic E-state index is 12.3. The number of nitrogens with two attached hydrogens (primary N) is 1. The molecule has 1 aromatic carbocycles. The van der Waals surface area contributed by atoms with Crippen molar-refractivity contribution in [3.05, 3.63) is 35.0 Å². The summed E-state index contributed by atoms with van der Waals surface area (Å²) in [6.45, 7) is 3.31. The van der Waals surface area contributed by atoms with Gasteiger partial charge in [-0.05, 0) is 37.6 Å². The number of nitriles is 1. The lowest BCUT2D eigenvalue weighted by Gasteiger charge is -2.09. The zero-order valence-corrected chi connectivity index (χ0v) is 11.7. The summed E-state index contributed by atoms with van der Waals surface area (Å²) in [6.07, 6.45) is 0. The molecular formula is C12H13N5O2S. The molecule has 0 fully saturated rings. The van der Waals surface area contributed by atoms with Crippen molar-refractivity contribution in [1.29, 1.82) is 5.26 Å². The van der Waals surface area contributed by atoms with Crippen molar-refractivity contribution in [3.8, 4) is 6.07 Å². The number of anilines is 2. The van der Waals surface area contributed by atoms with Crippen LogP contribution in [-0.2, 0) is 10.0 Å². The molecule has 0 amide bonds. The molecule has 2 aromatic rings. The molecule has 8 heteroatoms. The van der Waals surface area contributed by atoms with Gasteiger partial charge in [-0.3, -0.25) is 9.82 Å². The van der Waals surface area contributed by atoms with Crippen LogP contribution >= 0.6 is 0 Å². The number of nitrogens with zero attached hydrogens (tertiary/aromatic N) is 2. The van der Waals surface area contributed by atoms with E-state index in [-0.39, 0.29) is 16.4 Å². The van der Waals surface area contributed by atoms with Crippen LogP contribution in [0.5, 0.6) is 0 Å². The number of nitrogen functional groups attached to an aromatic ring is 1. The third-order valence-electron chi connectivity index (χ3n) is 2.82. The summed E-state index contributed by atoms with van der Waals surface area (Å²) in [5.41, 5.74) is 7.41. The Labute approximate surface area is 116 Å². The van der Waals surface area contributed by atoms with E-state index in [0.29, 0.717) is 16.8 Å². The molecule has 0 atom stereocenters. The molecule has 0 saturated carbocycles. The van der Waals surface area contributed by atoms with E-state index >= 15 is 0 Å². The Balaban J connectivity index is 2.41. The average molecular weight is 291 g/mol. The molecule has 104 valence electrons. The van der Waals surface area contributed by atoms with Crippen molar-refractivity contribution in [3.63, 3.8) is 0 Å². The van der Waals surface area contributed by atoms with Crippen molar-refractivity contribution >= 4 is 21.5 Å². The number of rotatable bonds is 3. The fraction of sp³-hybridized carbons (Fsp3) is 0.167. The quantitative estimate of drug-likeness (QED) is 0.785. The smallest absolute Gasteiger partial charge is 0.263 e. The standard InChI is InChI=1S/C12H13N5O2S/c1-7-5-9(6-13)3-4-10(7)20(18,19)17-12-11(14)8(2)15-16-12/h3-5H,14H2,1-2H3,(H2,15,16,17). The van der Waals surface area contributed by atoms with Crippen LogP contribution in [0.1, 0.15) is 16.8 Å². The first-order valence-corrected chi connectivity index (χ1v) is 7.17. The normalized spacial score (nSPS) is 11.1. The number of nitrogens with one attached hydrogen (secondary N) is 2. The zero-order valence-electron chi connectivity index (χ0n) is 10.9. The zero-order chi connectivity index (χ0) is 14.9. The van der Waals surface area contributed by atoms with E-state index in [4.69, 9.17) is 11.0 Å². The number of benzene rings is 1. The Morgan fingerprint density at radius 3 is 2.60 bits per heavy atom. The Morgan fingerprint density at radius 1 is 1.40 bits per heavy atom. The van der Waals surface area contributed by atoms with Crippen molar-refractivity contribution in [2.45, 2.75) is 18.7 Å². The van der Waals surface area contributed by atoms with Gasteiger partial charge in [0, 0.05) is 0 Å². The lowest BCUT2D eigenvalue weighted by Crippen LogP contribution is -2.15. The van der Waals surface area contributed by atoms with Gasteiger partial charge in [0.15, 0.2) is 5.82 Å². The van der Waals surface area contributed by atoms with E-state index in [0.717, 1.165) is 0 Å². The Kier molecular flexibility index (Phi) is 3.38. The number of aromatic amines is 1. The SMILES string of the molecule is Cc1cc(C#N)ccc1S(=O)(=O)Nc1n[nH]c(C)c1N. The highest BCUT2D eigenvalue weighted by Crippen LogP contribution is 2.23. The highest BCUT2D eigenvalue weighted by molar-refractivity contribution is 7.92. The fourth-order valence-electron chi connectivity index (χ4n) is 1.72. The maximum Gasteiger partial charge on any atom is 0.263 e. The average Bonchev–Trinajstić information content (AvgIpc) is 2.69. The first-order chi connectivity index (χ1) is 9.35. The largest absolute Gasteiger partial charge is 0.394 e. The van der Waals surface area contributed by atoms with Gasteiger partial charge in [-0.1, -0.05) is 0 Å². The lowest BCUT2D eigenvalue weighted by molar-refractivity contribution is 0.600. The molecule has 0 spiro atoms. The molecule has 0 bridgehead atoms. The highest BCUT2D eigenvalue weighted by atomic mass is 32.2. The third kappa shape index (κ3) is 2.44. The minimum absolute atomic E-state index is 0.0614. The van der Waals surface area contributed by atoms with Gasteiger partial charge in [0.05, 0.1) is 27.9 Å². The number of sulfonamides is 1. The summed E-state index contributed by atoms with van der Waals surface area (Å²) in [4.78, 5) is 0.0801. The predicted octanol–water partition coefficient (Wildman–Crippen LogP) is 1.28. The van der Waals surface area contributed by atoms with Crippen LogP contribution in [0.15, 0.2) is 23.1 Å². The van der Waals surface area contributed by atoms with Gasteiger partial charge in [-0.2, -0.15) is 10.4 Å². The van der Waals surface area contributed by atoms with Crippen LogP contribution in [0.4, 0.5) is 11.5 Å². The van der Waals surface area contributed by atoms with Gasteiger partial charge in [0.1, 0.15) is 0 Å².